The van der Waals surface area contributed by atoms with Gasteiger partial charge in [0.25, 0.3) is 0 Å². The lowest BCUT2D eigenvalue weighted by Crippen LogP contribution is -2.17. The third-order valence-electron chi connectivity index (χ3n) is 3.82. The molecule has 1 aromatic heterocycles. The van der Waals surface area contributed by atoms with Crippen LogP contribution in [0.5, 0.6) is 5.75 Å². The Morgan fingerprint density at radius 3 is 2.50 bits per heavy atom. The van der Waals surface area contributed by atoms with Crippen LogP contribution >= 0.6 is 35.0 Å². The van der Waals surface area contributed by atoms with Crippen molar-refractivity contribution < 1.29 is 9.53 Å². The Morgan fingerprint density at radius 1 is 1.18 bits per heavy atom. The van der Waals surface area contributed by atoms with E-state index in [-0.39, 0.29) is 11.7 Å². The Balaban J connectivity index is 1.60. The molecule has 0 fully saturated rings. The SMILES string of the molecule is COc1ccc(Cc2nnc(SCC(=O)Nc3c(Cl)cccc3Cl)n2N)cc1. The van der Waals surface area contributed by atoms with E-state index in [1.54, 1.807) is 25.3 Å². The number of carbonyl (C=O) groups is 1. The van der Waals surface area contributed by atoms with Gasteiger partial charge in [-0.05, 0) is 29.8 Å². The lowest BCUT2D eigenvalue weighted by molar-refractivity contribution is -0.113. The normalized spacial score (nSPS) is 10.7. The summed E-state index contributed by atoms with van der Waals surface area (Å²) in [5.41, 5.74) is 1.40. The molecule has 3 aromatic rings. The van der Waals surface area contributed by atoms with Gasteiger partial charge in [0.15, 0.2) is 5.82 Å². The Labute approximate surface area is 176 Å². The van der Waals surface area contributed by atoms with E-state index in [2.05, 4.69) is 15.5 Å². The number of methoxy groups -OCH3 is 1. The van der Waals surface area contributed by atoms with E-state index in [4.69, 9.17) is 33.8 Å². The molecular formula is C18H17Cl2N5O2S. The van der Waals surface area contributed by atoms with Crippen molar-refractivity contribution in [2.75, 3.05) is 24.0 Å². The maximum Gasteiger partial charge on any atom is 0.234 e. The Hall–Kier alpha value is -2.42. The summed E-state index contributed by atoms with van der Waals surface area (Å²) >= 11 is 13.3. The van der Waals surface area contributed by atoms with E-state index in [0.717, 1.165) is 11.3 Å². The zero-order valence-electron chi connectivity index (χ0n) is 14.9. The first-order valence-corrected chi connectivity index (χ1v) is 9.91. The highest BCUT2D eigenvalue weighted by Gasteiger charge is 2.14. The monoisotopic (exact) mass is 437 g/mol. The van der Waals surface area contributed by atoms with Crippen LogP contribution in [0.1, 0.15) is 11.4 Å². The predicted molar refractivity (Wildman–Crippen MR) is 112 cm³/mol. The van der Waals surface area contributed by atoms with Crippen LogP contribution in [0.4, 0.5) is 5.69 Å². The fourth-order valence-corrected chi connectivity index (χ4v) is 3.54. The van der Waals surface area contributed by atoms with Crippen molar-refractivity contribution in [3.05, 3.63) is 63.9 Å². The molecule has 2 aromatic carbocycles. The van der Waals surface area contributed by atoms with Gasteiger partial charge in [-0.15, -0.1) is 10.2 Å². The number of nitrogens with zero attached hydrogens (tertiary/aromatic N) is 3. The number of rotatable bonds is 7. The van der Waals surface area contributed by atoms with Crippen molar-refractivity contribution in [3.8, 4) is 5.75 Å². The molecule has 146 valence electrons. The Bertz CT molecular complexity index is 958. The first-order valence-electron chi connectivity index (χ1n) is 8.17. The maximum atomic E-state index is 12.2. The number of ether oxygens (including phenoxy) is 1. The molecule has 0 aliphatic heterocycles. The van der Waals surface area contributed by atoms with E-state index >= 15 is 0 Å². The van der Waals surface area contributed by atoms with Gasteiger partial charge < -0.3 is 15.9 Å². The third-order valence-corrected chi connectivity index (χ3v) is 5.39. The Morgan fingerprint density at radius 2 is 1.86 bits per heavy atom. The van der Waals surface area contributed by atoms with Gasteiger partial charge in [0.05, 0.1) is 28.6 Å². The molecule has 0 saturated heterocycles. The van der Waals surface area contributed by atoms with Gasteiger partial charge in [0.2, 0.25) is 11.1 Å². The van der Waals surface area contributed by atoms with Gasteiger partial charge in [-0.3, -0.25) is 4.79 Å². The average Bonchev–Trinajstić information content (AvgIpc) is 3.03. The van der Waals surface area contributed by atoms with E-state index in [0.29, 0.717) is 33.1 Å². The predicted octanol–water partition coefficient (Wildman–Crippen LogP) is 3.63. The molecule has 1 amide bonds. The molecule has 0 saturated carbocycles. The third kappa shape index (κ3) is 4.89. The van der Waals surface area contributed by atoms with Crippen LogP contribution in [0, 0.1) is 0 Å². The van der Waals surface area contributed by atoms with E-state index in [9.17, 15) is 4.79 Å². The van der Waals surface area contributed by atoms with Gasteiger partial charge in [-0.25, -0.2) is 4.68 Å². The number of amides is 1. The Kier molecular flexibility index (Phi) is 6.66. The quantitative estimate of drug-likeness (QED) is 0.432. The topological polar surface area (TPSA) is 95.1 Å². The minimum Gasteiger partial charge on any atom is -0.497 e. The van der Waals surface area contributed by atoms with Crippen LogP contribution in [0.2, 0.25) is 10.0 Å². The van der Waals surface area contributed by atoms with E-state index in [1.807, 2.05) is 24.3 Å². The molecule has 7 nitrogen and oxygen atoms in total. The van der Waals surface area contributed by atoms with Crippen LogP contribution < -0.4 is 15.9 Å². The average molecular weight is 438 g/mol. The van der Waals surface area contributed by atoms with E-state index in [1.165, 1.54) is 16.4 Å². The number of para-hydroxylation sites is 1. The van der Waals surface area contributed by atoms with Crippen molar-refractivity contribution >= 4 is 46.6 Å². The van der Waals surface area contributed by atoms with Crippen molar-refractivity contribution in [2.24, 2.45) is 0 Å². The summed E-state index contributed by atoms with van der Waals surface area (Å²) < 4.78 is 6.52. The largest absolute Gasteiger partial charge is 0.497 e. The standard InChI is InChI=1S/C18H17Cl2N5O2S/c1-27-12-7-5-11(6-8-12)9-15-23-24-18(25(15)21)28-10-16(26)22-17-13(19)3-2-4-14(17)20/h2-8H,9-10,21H2,1H3,(H,22,26). The summed E-state index contributed by atoms with van der Waals surface area (Å²) in [6, 6.07) is 12.6. The molecule has 0 aliphatic carbocycles. The van der Waals surface area contributed by atoms with Gasteiger partial charge in [-0.1, -0.05) is 53.2 Å². The number of carbonyl (C=O) groups excluding carboxylic acids is 1. The molecule has 0 aliphatic rings. The molecule has 0 unspecified atom stereocenters. The highest BCUT2D eigenvalue weighted by molar-refractivity contribution is 7.99. The lowest BCUT2D eigenvalue weighted by atomic mass is 10.1. The van der Waals surface area contributed by atoms with Gasteiger partial charge in [0.1, 0.15) is 5.75 Å². The number of benzene rings is 2. The molecule has 3 N–H and O–H groups in total. The fraction of sp³-hybridized carbons (Fsp3) is 0.167. The van der Waals surface area contributed by atoms with Gasteiger partial charge >= 0.3 is 0 Å². The number of nitrogen functional groups attached to an aromatic ring is 1. The summed E-state index contributed by atoms with van der Waals surface area (Å²) in [6.45, 7) is 0. The molecule has 1 heterocycles. The summed E-state index contributed by atoms with van der Waals surface area (Å²) in [4.78, 5) is 12.2. The van der Waals surface area contributed by atoms with Crippen LogP contribution in [0.15, 0.2) is 47.6 Å². The minimum atomic E-state index is -0.278. The number of thioether (sulfide) groups is 1. The van der Waals surface area contributed by atoms with Crippen LogP contribution in [-0.2, 0) is 11.2 Å². The number of halogens is 2. The molecule has 10 heteroatoms. The summed E-state index contributed by atoms with van der Waals surface area (Å²) in [5.74, 6) is 7.23. The highest BCUT2D eigenvalue weighted by atomic mass is 35.5. The summed E-state index contributed by atoms with van der Waals surface area (Å²) in [7, 11) is 1.62. The van der Waals surface area contributed by atoms with Crippen molar-refractivity contribution in [2.45, 2.75) is 11.6 Å². The second kappa shape index (κ2) is 9.18. The molecule has 28 heavy (non-hydrogen) atoms. The van der Waals surface area contributed by atoms with Crippen LogP contribution in [0.25, 0.3) is 0 Å². The molecule has 0 atom stereocenters. The smallest absolute Gasteiger partial charge is 0.234 e. The van der Waals surface area contributed by atoms with Gasteiger partial charge in [-0.2, -0.15) is 0 Å². The lowest BCUT2D eigenvalue weighted by Gasteiger charge is -2.09. The first-order chi connectivity index (χ1) is 13.5. The van der Waals surface area contributed by atoms with Crippen LogP contribution in [-0.4, -0.2) is 33.6 Å². The molecular weight excluding hydrogens is 421 g/mol. The molecule has 3 rings (SSSR count). The van der Waals surface area contributed by atoms with Crippen molar-refractivity contribution in [1.29, 1.82) is 0 Å². The number of nitrogens with two attached hydrogens (primary N) is 1. The summed E-state index contributed by atoms with van der Waals surface area (Å²) in [5, 5.41) is 12.0. The first kappa shape index (κ1) is 20.3. The minimum absolute atomic E-state index is 0.0828. The zero-order valence-corrected chi connectivity index (χ0v) is 17.2. The second-order valence-electron chi connectivity index (χ2n) is 5.73. The number of nitrogens with one attached hydrogen (secondary N) is 1. The number of hydrogen-bond acceptors (Lipinski definition) is 6. The second-order valence-corrected chi connectivity index (χ2v) is 7.48. The fourth-order valence-electron chi connectivity index (χ4n) is 2.37. The molecule has 0 spiro atoms. The number of hydrogen-bond donors (Lipinski definition) is 2. The van der Waals surface area contributed by atoms with Crippen molar-refractivity contribution in [1.82, 2.24) is 14.9 Å². The number of anilines is 1. The van der Waals surface area contributed by atoms with E-state index < -0.39 is 0 Å². The van der Waals surface area contributed by atoms with Gasteiger partial charge in [0, 0.05) is 6.42 Å². The number of aromatic nitrogens is 3. The summed E-state index contributed by atoms with van der Waals surface area (Å²) in [6.07, 6.45) is 0.509. The van der Waals surface area contributed by atoms with Crippen LogP contribution in [0.3, 0.4) is 0 Å². The highest BCUT2D eigenvalue weighted by Crippen LogP contribution is 2.30. The molecule has 0 bridgehead atoms. The zero-order chi connectivity index (χ0) is 20.1. The maximum absolute atomic E-state index is 12.2. The van der Waals surface area contributed by atoms with Crippen molar-refractivity contribution in [3.63, 3.8) is 0 Å². The molecule has 0 radical (unpaired) electrons.